The van der Waals surface area contributed by atoms with Crippen LogP contribution in [0.15, 0.2) is 78.9 Å². The molecule has 0 radical (unpaired) electrons. The van der Waals surface area contributed by atoms with Crippen LogP contribution in [0.5, 0.6) is 5.75 Å². The molecule has 0 aliphatic rings. The smallest absolute Gasteiger partial charge is 0.258 e. The third-order valence-electron chi connectivity index (χ3n) is 3.73. The second-order valence-corrected chi connectivity index (χ2v) is 5.58. The SMILES string of the molecule is O=C(COc1ccc(-c2ccccc2)cc1)NCc1ccc(F)cc1. The van der Waals surface area contributed by atoms with Crippen LogP contribution >= 0.6 is 0 Å². The average molecular weight is 335 g/mol. The van der Waals surface area contributed by atoms with E-state index in [1.54, 1.807) is 12.1 Å². The van der Waals surface area contributed by atoms with Crippen molar-refractivity contribution in [3.8, 4) is 16.9 Å². The highest BCUT2D eigenvalue weighted by atomic mass is 19.1. The Labute approximate surface area is 146 Å². The molecule has 0 aliphatic heterocycles. The Morgan fingerprint density at radius 1 is 0.840 bits per heavy atom. The van der Waals surface area contributed by atoms with Gasteiger partial charge in [-0.1, -0.05) is 54.6 Å². The van der Waals surface area contributed by atoms with Crippen molar-refractivity contribution in [2.24, 2.45) is 0 Å². The first-order valence-electron chi connectivity index (χ1n) is 8.00. The summed E-state index contributed by atoms with van der Waals surface area (Å²) in [6, 6.07) is 23.7. The van der Waals surface area contributed by atoms with Crippen LogP contribution in [0.4, 0.5) is 4.39 Å². The lowest BCUT2D eigenvalue weighted by molar-refractivity contribution is -0.123. The Morgan fingerprint density at radius 3 is 2.16 bits per heavy atom. The minimum absolute atomic E-state index is 0.0636. The van der Waals surface area contributed by atoms with Crippen LogP contribution in [-0.2, 0) is 11.3 Å². The maximum Gasteiger partial charge on any atom is 0.258 e. The van der Waals surface area contributed by atoms with Crippen molar-refractivity contribution < 1.29 is 13.9 Å². The fourth-order valence-electron chi connectivity index (χ4n) is 2.38. The fourth-order valence-corrected chi connectivity index (χ4v) is 2.38. The molecule has 3 aromatic carbocycles. The minimum atomic E-state index is -0.294. The molecule has 1 N–H and O–H groups in total. The quantitative estimate of drug-likeness (QED) is 0.733. The maximum absolute atomic E-state index is 12.8. The first-order chi connectivity index (χ1) is 12.2. The number of hydrogen-bond donors (Lipinski definition) is 1. The van der Waals surface area contributed by atoms with Crippen molar-refractivity contribution in [2.75, 3.05) is 6.61 Å². The van der Waals surface area contributed by atoms with Gasteiger partial charge in [-0.25, -0.2) is 4.39 Å². The van der Waals surface area contributed by atoms with Gasteiger partial charge in [-0.2, -0.15) is 0 Å². The molecule has 3 aromatic rings. The van der Waals surface area contributed by atoms with Crippen molar-refractivity contribution in [3.63, 3.8) is 0 Å². The third-order valence-corrected chi connectivity index (χ3v) is 3.73. The number of amides is 1. The van der Waals surface area contributed by atoms with Gasteiger partial charge in [-0.15, -0.1) is 0 Å². The minimum Gasteiger partial charge on any atom is -0.484 e. The summed E-state index contributed by atoms with van der Waals surface area (Å²) in [7, 11) is 0. The summed E-state index contributed by atoms with van der Waals surface area (Å²) >= 11 is 0. The topological polar surface area (TPSA) is 38.3 Å². The van der Waals surface area contributed by atoms with Crippen molar-refractivity contribution in [3.05, 3.63) is 90.2 Å². The average Bonchev–Trinajstić information content (AvgIpc) is 2.67. The van der Waals surface area contributed by atoms with Crippen LogP contribution in [0.1, 0.15) is 5.56 Å². The summed E-state index contributed by atoms with van der Waals surface area (Å²) in [6.45, 7) is 0.279. The zero-order chi connectivity index (χ0) is 17.5. The van der Waals surface area contributed by atoms with Crippen LogP contribution < -0.4 is 10.1 Å². The first-order valence-corrected chi connectivity index (χ1v) is 8.00. The molecule has 3 nitrogen and oxygen atoms in total. The molecule has 0 fully saturated rings. The van der Waals surface area contributed by atoms with Gasteiger partial charge < -0.3 is 10.1 Å². The molecule has 0 aromatic heterocycles. The number of benzene rings is 3. The van der Waals surface area contributed by atoms with Gasteiger partial charge >= 0.3 is 0 Å². The van der Waals surface area contributed by atoms with Gasteiger partial charge in [0, 0.05) is 6.54 Å². The van der Waals surface area contributed by atoms with E-state index in [1.165, 1.54) is 12.1 Å². The van der Waals surface area contributed by atoms with E-state index < -0.39 is 0 Å². The lowest BCUT2D eigenvalue weighted by Gasteiger charge is -2.08. The van der Waals surface area contributed by atoms with E-state index in [-0.39, 0.29) is 18.3 Å². The van der Waals surface area contributed by atoms with Crippen LogP contribution in [-0.4, -0.2) is 12.5 Å². The zero-order valence-electron chi connectivity index (χ0n) is 13.6. The molecule has 0 bridgehead atoms. The van der Waals surface area contributed by atoms with Gasteiger partial charge in [0.2, 0.25) is 0 Å². The van der Waals surface area contributed by atoms with Crippen molar-refractivity contribution in [1.82, 2.24) is 5.32 Å². The molecule has 0 saturated heterocycles. The Balaban J connectivity index is 1.48. The molecular weight excluding hydrogens is 317 g/mol. The van der Waals surface area contributed by atoms with Gasteiger partial charge in [-0.05, 0) is 41.0 Å². The van der Waals surface area contributed by atoms with E-state index in [2.05, 4.69) is 5.32 Å². The van der Waals surface area contributed by atoms with Gasteiger partial charge in [0.1, 0.15) is 11.6 Å². The number of ether oxygens (including phenoxy) is 1. The molecule has 0 atom stereocenters. The first kappa shape index (κ1) is 16.7. The van der Waals surface area contributed by atoms with Gasteiger partial charge in [-0.3, -0.25) is 4.79 Å². The highest BCUT2D eigenvalue weighted by Crippen LogP contribution is 2.21. The van der Waals surface area contributed by atoms with Gasteiger partial charge in [0.05, 0.1) is 0 Å². The standard InChI is InChI=1S/C21H18FNO2/c22-19-10-6-16(7-11-19)14-23-21(24)15-25-20-12-8-18(9-13-20)17-4-2-1-3-5-17/h1-13H,14-15H2,(H,23,24). The molecule has 0 unspecified atom stereocenters. The summed E-state index contributed by atoms with van der Waals surface area (Å²) in [5.74, 6) is 0.116. The number of rotatable bonds is 6. The zero-order valence-corrected chi connectivity index (χ0v) is 13.6. The Bertz CT molecular complexity index is 815. The molecular formula is C21H18FNO2. The summed E-state index contributed by atoms with van der Waals surface area (Å²) in [5.41, 5.74) is 3.06. The monoisotopic (exact) mass is 335 g/mol. The Morgan fingerprint density at radius 2 is 1.48 bits per heavy atom. The summed E-state index contributed by atoms with van der Waals surface area (Å²) < 4.78 is 18.3. The van der Waals surface area contributed by atoms with Crippen molar-refractivity contribution >= 4 is 5.91 Å². The Hall–Kier alpha value is -3.14. The van der Waals surface area contributed by atoms with E-state index >= 15 is 0 Å². The van der Waals surface area contributed by atoms with Crippen LogP contribution in [0.25, 0.3) is 11.1 Å². The number of halogens is 1. The molecule has 4 heteroatoms. The molecule has 0 aliphatic carbocycles. The Kier molecular flexibility index (Phi) is 5.42. The lowest BCUT2D eigenvalue weighted by Crippen LogP contribution is -2.28. The van der Waals surface area contributed by atoms with E-state index in [0.717, 1.165) is 16.7 Å². The van der Waals surface area contributed by atoms with Crippen LogP contribution in [0, 0.1) is 5.82 Å². The number of carbonyl (C=O) groups is 1. The number of nitrogens with one attached hydrogen (secondary N) is 1. The third kappa shape index (κ3) is 4.91. The van der Waals surface area contributed by atoms with Gasteiger partial charge in [0.25, 0.3) is 5.91 Å². The summed E-state index contributed by atoms with van der Waals surface area (Å²) in [6.07, 6.45) is 0. The maximum atomic E-state index is 12.8. The highest BCUT2D eigenvalue weighted by Gasteiger charge is 2.04. The van der Waals surface area contributed by atoms with E-state index in [0.29, 0.717) is 12.3 Å². The normalized spacial score (nSPS) is 10.3. The lowest BCUT2D eigenvalue weighted by atomic mass is 10.1. The fraction of sp³-hybridized carbons (Fsp3) is 0.0952. The second kappa shape index (κ2) is 8.11. The van der Waals surface area contributed by atoms with E-state index in [9.17, 15) is 9.18 Å². The van der Waals surface area contributed by atoms with Crippen molar-refractivity contribution in [2.45, 2.75) is 6.54 Å². The second-order valence-electron chi connectivity index (χ2n) is 5.58. The molecule has 25 heavy (non-hydrogen) atoms. The van der Waals surface area contributed by atoms with Crippen LogP contribution in [0.2, 0.25) is 0 Å². The molecule has 1 amide bonds. The number of hydrogen-bond acceptors (Lipinski definition) is 2. The predicted octanol–water partition coefficient (Wildman–Crippen LogP) is 4.19. The van der Waals surface area contributed by atoms with Gasteiger partial charge in [0.15, 0.2) is 6.61 Å². The largest absolute Gasteiger partial charge is 0.484 e. The molecule has 0 heterocycles. The van der Waals surface area contributed by atoms with E-state index in [4.69, 9.17) is 4.74 Å². The predicted molar refractivity (Wildman–Crippen MR) is 95.6 cm³/mol. The summed E-state index contributed by atoms with van der Waals surface area (Å²) in [5, 5.41) is 2.74. The summed E-state index contributed by atoms with van der Waals surface area (Å²) in [4.78, 5) is 11.8. The molecule has 0 spiro atoms. The van der Waals surface area contributed by atoms with Crippen LogP contribution in [0.3, 0.4) is 0 Å². The van der Waals surface area contributed by atoms with E-state index in [1.807, 2.05) is 54.6 Å². The molecule has 3 rings (SSSR count). The molecule has 126 valence electrons. The highest BCUT2D eigenvalue weighted by molar-refractivity contribution is 5.77. The number of carbonyl (C=O) groups excluding carboxylic acids is 1. The van der Waals surface area contributed by atoms with Crippen molar-refractivity contribution in [1.29, 1.82) is 0 Å². The molecule has 0 saturated carbocycles.